The normalized spacial score (nSPS) is 13.3. The van der Waals surface area contributed by atoms with E-state index in [1.54, 1.807) is 0 Å². The summed E-state index contributed by atoms with van der Waals surface area (Å²) < 4.78 is 2.22. The van der Waals surface area contributed by atoms with Gasteiger partial charge in [-0.3, -0.25) is 0 Å². The first-order valence-corrected chi connectivity index (χ1v) is 7.06. The van der Waals surface area contributed by atoms with Crippen LogP contribution in [0.2, 0.25) is 0 Å². The van der Waals surface area contributed by atoms with Crippen LogP contribution >= 0.6 is 0 Å². The standard InChI is InChI=1S/C16H24N2O/c1-12(2)17-11-14-5-4-6-16-15(14)8-10-18(16)9-7-13(3)19/h4-6,8,10,12-13,17,19H,7,9,11H2,1-3H3. The quantitative estimate of drug-likeness (QED) is 0.838. The number of aromatic nitrogens is 1. The van der Waals surface area contributed by atoms with Gasteiger partial charge in [-0.05, 0) is 31.0 Å². The van der Waals surface area contributed by atoms with Gasteiger partial charge in [0.2, 0.25) is 0 Å². The number of hydrogen-bond acceptors (Lipinski definition) is 2. The fourth-order valence-corrected chi connectivity index (χ4v) is 2.28. The van der Waals surface area contributed by atoms with Crippen molar-refractivity contribution in [2.45, 2.75) is 52.4 Å². The first kappa shape index (κ1) is 14.1. The van der Waals surface area contributed by atoms with Crippen LogP contribution in [0.25, 0.3) is 10.9 Å². The second-order valence-electron chi connectivity index (χ2n) is 5.53. The molecule has 2 aromatic rings. The zero-order valence-corrected chi connectivity index (χ0v) is 12.1. The Morgan fingerprint density at radius 2 is 2.00 bits per heavy atom. The highest BCUT2D eigenvalue weighted by molar-refractivity contribution is 5.83. The molecule has 2 N–H and O–H groups in total. The lowest BCUT2D eigenvalue weighted by molar-refractivity contribution is 0.178. The molecule has 0 aliphatic carbocycles. The van der Waals surface area contributed by atoms with E-state index in [0.29, 0.717) is 6.04 Å². The minimum atomic E-state index is -0.247. The van der Waals surface area contributed by atoms with Crippen LogP contribution in [0.4, 0.5) is 0 Å². The predicted octanol–water partition coefficient (Wildman–Crippen LogP) is 2.91. The topological polar surface area (TPSA) is 37.2 Å². The maximum Gasteiger partial charge on any atom is 0.0529 e. The summed E-state index contributed by atoms with van der Waals surface area (Å²) in [5.41, 5.74) is 2.59. The average Bonchev–Trinajstić information content (AvgIpc) is 2.77. The van der Waals surface area contributed by atoms with Gasteiger partial charge in [-0.2, -0.15) is 0 Å². The van der Waals surface area contributed by atoms with Crippen LogP contribution in [-0.4, -0.2) is 21.8 Å². The molecule has 0 amide bonds. The highest BCUT2D eigenvalue weighted by Gasteiger charge is 2.06. The smallest absolute Gasteiger partial charge is 0.0529 e. The van der Waals surface area contributed by atoms with Crippen molar-refractivity contribution in [1.82, 2.24) is 9.88 Å². The van der Waals surface area contributed by atoms with E-state index < -0.39 is 0 Å². The summed E-state index contributed by atoms with van der Waals surface area (Å²) in [6.45, 7) is 7.92. The van der Waals surface area contributed by atoms with Gasteiger partial charge in [-0.25, -0.2) is 0 Å². The third kappa shape index (κ3) is 3.58. The molecule has 0 radical (unpaired) electrons. The molecule has 0 saturated carbocycles. The van der Waals surface area contributed by atoms with Crippen molar-refractivity contribution >= 4 is 10.9 Å². The molecule has 0 fully saturated rings. The van der Waals surface area contributed by atoms with Gasteiger partial charge in [-0.1, -0.05) is 26.0 Å². The molecule has 0 aliphatic heterocycles. The Labute approximate surface area is 115 Å². The Hall–Kier alpha value is -1.32. The van der Waals surface area contributed by atoms with Gasteiger partial charge < -0.3 is 15.0 Å². The van der Waals surface area contributed by atoms with Gasteiger partial charge in [0.15, 0.2) is 0 Å². The SMILES string of the molecule is CC(O)CCn1ccc2c(CNC(C)C)cccc21. The van der Waals surface area contributed by atoms with E-state index in [0.717, 1.165) is 19.5 Å². The van der Waals surface area contributed by atoms with Crippen molar-refractivity contribution < 1.29 is 5.11 Å². The molecule has 1 atom stereocenters. The third-order valence-electron chi connectivity index (χ3n) is 3.39. The van der Waals surface area contributed by atoms with Gasteiger partial charge in [-0.15, -0.1) is 0 Å². The number of nitrogens with zero attached hydrogens (tertiary/aromatic N) is 1. The second-order valence-corrected chi connectivity index (χ2v) is 5.53. The number of aliphatic hydroxyl groups excluding tert-OH is 1. The van der Waals surface area contributed by atoms with E-state index in [4.69, 9.17) is 0 Å². The number of rotatable bonds is 6. The molecule has 1 unspecified atom stereocenters. The average molecular weight is 260 g/mol. The maximum atomic E-state index is 9.40. The van der Waals surface area contributed by atoms with E-state index >= 15 is 0 Å². The number of nitrogens with one attached hydrogen (secondary N) is 1. The van der Waals surface area contributed by atoms with E-state index in [-0.39, 0.29) is 6.10 Å². The van der Waals surface area contributed by atoms with Crippen molar-refractivity contribution in [3.05, 3.63) is 36.0 Å². The summed E-state index contributed by atoms with van der Waals surface area (Å²) in [6, 6.07) is 9.10. The predicted molar refractivity (Wildman–Crippen MR) is 80.2 cm³/mol. The number of hydrogen-bond donors (Lipinski definition) is 2. The van der Waals surface area contributed by atoms with E-state index in [2.05, 4.69) is 54.2 Å². The summed E-state index contributed by atoms with van der Waals surface area (Å²) in [5.74, 6) is 0. The Bertz CT molecular complexity index is 529. The van der Waals surface area contributed by atoms with Crippen LogP contribution in [0.1, 0.15) is 32.8 Å². The molecule has 1 heterocycles. The Morgan fingerprint density at radius 3 is 2.68 bits per heavy atom. The molecule has 2 rings (SSSR count). The molecule has 19 heavy (non-hydrogen) atoms. The van der Waals surface area contributed by atoms with Gasteiger partial charge >= 0.3 is 0 Å². The fourth-order valence-electron chi connectivity index (χ4n) is 2.28. The Morgan fingerprint density at radius 1 is 1.21 bits per heavy atom. The van der Waals surface area contributed by atoms with Crippen molar-refractivity contribution in [2.24, 2.45) is 0 Å². The minimum Gasteiger partial charge on any atom is -0.393 e. The largest absolute Gasteiger partial charge is 0.393 e. The zero-order valence-electron chi connectivity index (χ0n) is 12.1. The number of aryl methyl sites for hydroxylation is 1. The molecule has 0 aliphatic rings. The number of fused-ring (bicyclic) bond motifs is 1. The van der Waals surface area contributed by atoms with Crippen LogP contribution in [0, 0.1) is 0 Å². The van der Waals surface area contributed by atoms with Crippen molar-refractivity contribution in [2.75, 3.05) is 0 Å². The number of aliphatic hydroxyl groups is 1. The van der Waals surface area contributed by atoms with Crippen LogP contribution in [0.3, 0.4) is 0 Å². The van der Waals surface area contributed by atoms with Gasteiger partial charge in [0.05, 0.1) is 6.10 Å². The molecule has 104 valence electrons. The van der Waals surface area contributed by atoms with E-state index in [1.165, 1.54) is 16.5 Å². The lowest BCUT2D eigenvalue weighted by atomic mass is 10.1. The molecule has 1 aromatic carbocycles. The zero-order chi connectivity index (χ0) is 13.8. The lowest BCUT2D eigenvalue weighted by Crippen LogP contribution is -2.21. The molecule has 0 bridgehead atoms. The molecule has 1 aromatic heterocycles. The molecule has 0 saturated heterocycles. The number of benzene rings is 1. The highest BCUT2D eigenvalue weighted by atomic mass is 16.3. The van der Waals surface area contributed by atoms with Crippen LogP contribution in [-0.2, 0) is 13.1 Å². The molecule has 3 nitrogen and oxygen atoms in total. The fraction of sp³-hybridized carbons (Fsp3) is 0.500. The van der Waals surface area contributed by atoms with Crippen LogP contribution in [0.5, 0.6) is 0 Å². The molecular weight excluding hydrogens is 236 g/mol. The lowest BCUT2D eigenvalue weighted by Gasteiger charge is -2.11. The minimum absolute atomic E-state index is 0.247. The van der Waals surface area contributed by atoms with Gasteiger partial charge in [0.1, 0.15) is 0 Å². The molecular formula is C16H24N2O. The van der Waals surface area contributed by atoms with Crippen LogP contribution < -0.4 is 5.32 Å². The maximum absolute atomic E-state index is 9.40. The summed E-state index contributed by atoms with van der Waals surface area (Å²) in [6.07, 6.45) is 2.66. The Balaban J connectivity index is 2.21. The van der Waals surface area contributed by atoms with Crippen LogP contribution in [0.15, 0.2) is 30.5 Å². The van der Waals surface area contributed by atoms with Crippen molar-refractivity contribution in [1.29, 1.82) is 0 Å². The summed E-state index contributed by atoms with van der Waals surface area (Å²) >= 11 is 0. The van der Waals surface area contributed by atoms with Crippen molar-refractivity contribution in [3.63, 3.8) is 0 Å². The second kappa shape index (κ2) is 6.22. The summed E-state index contributed by atoms with van der Waals surface area (Å²) in [7, 11) is 0. The highest BCUT2D eigenvalue weighted by Crippen LogP contribution is 2.21. The first-order chi connectivity index (χ1) is 9.08. The Kier molecular flexibility index (Phi) is 4.61. The first-order valence-electron chi connectivity index (χ1n) is 7.06. The molecule has 0 spiro atoms. The van der Waals surface area contributed by atoms with Gasteiger partial charge in [0.25, 0.3) is 0 Å². The van der Waals surface area contributed by atoms with E-state index in [1.807, 2.05) is 6.92 Å². The third-order valence-corrected chi connectivity index (χ3v) is 3.39. The summed E-state index contributed by atoms with van der Waals surface area (Å²) in [5, 5.41) is 14.2. The molecule has 3 heteroatoms. The van der Waals surface area contributed by atoms with Gasteiger partial charge in [0, 0.05) is 36.2 Å². The summed E-state index contributed by atoms with van der Waals surface area (Å²) in [4.78, 5) is 0. The monoisotopic (exact) mass is 260 g/mol. The van der Waals surface area contributed by atoms with Crippen molar-refractivity contribution in [3.8, 4) is 0 Å². The van der Waals surface area contributed by atoms with E-state index in [9.17, 15) is 5.11 Å².